The summed E-state index contributed by atoms with van der Waals surface area (Å²) in [6, 6.07) is 33.8. The first kappa shape index (κ1) is 38.5. The Kier molecular flexibility index (Phi) is 10.7. The number of aromatic nitrogens is 3. The Hall–Kier alpha value is -4.40. The van der Waals surface area contributed by atoms with Crippen molar-refractivity contribution in [2.24, 2.45) is 0 Å². The second-order valence-corrected chi connectivity index (χ2v) is 18.7. The van der Waals surface area contributed by atoms with Crippen molar-refractivity contribution in [1.29, 1.82) is 0 Å². The molecule has 294 valence electrons. The quantitative estimate of drug-likeness (QED) is 0.169. The number of benzene rings is 3. The maximum Gasteiger partial charge on any atom is 0.146 e. The van der Waals surface area contributed by atoms with Crippen LogP contribution in [0.1, 0.15) is 125 Å². The van der Waals surface area contributed by atoms with E-state index in [1.807, 2.05) is 24.3 Å². The first-order valence-electron chi connectivity index (χ1n) is 20.8. The molecule has 0 saturated carbocycles. The maximum atomic E-state index is 12.0. The monoisotopic (exact) mass is 926 g/mol. The van der Waals surface area contributed by atoms with Crippen LogP contribution in [-0.2, 0) is 42.7 Å². The number of hydrogen-bond acceptors (Lipinski definition) is 4. The Morgan fingerprint density at radius 1 is 0.571 bits per heavy atom. The Morgan fingerprint density at radius 3 is 1.71 bits per heavy atom. The Morgan fingerprint density at radius 2 is 1.16 bits per heavy atom. The average Bonchev–Trinajstić information content (AvgIpc) is 3.13. The largest absolute Gasteiger partial charge is 0.505 e. The van der Waals surface area contributed by atoms with E-state index < -0.39 is 17.7 Å². The van der Waals surface area contributed by atoms with Gasteiger partial charge in [-0.05, 0) is 72.1 Å². The predicted octanol–water partition coefficient (Wildman–Crippen LogP) is 13.2. The fourth-order valence-corrected chi connectivity index (χ4v) is 7.13. The van der Waals surface area contributed by atoms with Gasteiger partial charge >= 0.3 is 0 Å². The molecule has 3 aromatic heterocycles. The molecule has 0 aliphatic rings. The van der Waals surface area contributed by atoms with Crippen LogP contribution in [0.15, 0.2) is 91.0 Å². The van der Waals surface area contributed by atoms with E-state index in [-0.39, 0.29) is 43.2 Å². The Labute approximate surface area is 354 Å². The van der Waals surface area contributed by atoms with Gasteiger partial charge in [0.15, 0.2) is 0 Å². The van der Waals surface area contributed by atoms with Crippen LogP contribution < -0.4 is 0 Å². The van der Waals surface area contributed by atoms with Crippen LogP contribution in [-0.4, -0.2) is 20.1 Å². The number of rotatable bonds is 6. The molecule has 4 nitrogen and oxygen atoms in total. The summed E-state index contributed by atoms with van der Waals surface area (Å²) < 4.78 is 25.5. The van der Waals surface area contributed by atoms with Gasteiger partial charge < -0.3 is 5.11 Å². The van der Waals surface area contributed by atoms with Crippen LogP contribution in [0.3, 0.4) is 0 Å². The van der Waals surface area contributed by atoms with Crippen molar-refractivity contribution in [1.82, 2.24) is 15.0 Å². The third-order valence-corrected chi connectivity index (χ3v) is 10.6. The smallest absolute Gasteiger partial charge is 0.146 e. The molecule has 0 atom stereocenters. The normalized spacial score (nSPS) is 13.4. The van der Waals surface area contributed by atoms with Crippen molar-refractivity contribution >= 4 is 0 Å². The molecule has 5 heteroatoms. The van der Waals surface area contributed by atoms with Gasteiger partial charge in [0.05, 0.1) is 11.4 Å². The van der Waals surface area contributed by atoms with Gasteiger partial charge in [-0.15, -0.1) is 23.8 Å². The molecule has 3 heterocycles. The molecule has 0 bridgehead atoms. The molecule has 0 aliphatic heterocycles. The summed E-state index contributed by atoms with van der Waals surface area (Å²) >= 11 is 0. The van der Waals surface area contributed by atoms with Gasteiger partial charge in [0.2, 0.25) is 0 Å². The summed E-state index contributed by atoms with van der Waals surface area (Å²) in [5.41, 5.74) is 11.0. The van der Waals surface area contributed by atoms with Gasteiger partial charge in [0.25, 0.3) is 0 Å². The molecular weight excluding hydrogens is 866 g/mol. The van der Waals surface area contributed by atoms with Gasteiger partial charge in [-0.25, -0.2) is 0 Å². The van der Waals surface area contributed by atoms with E-state index in [0.717, 1.165) is 44.6 Å². The van der Waals surface area contributed by atoms with E-state index in [2.05, 4.69) is 151 Å². The molecule has 3 aromatic carbocycles. The molecule has 0 radical (unpaired) electrons. The predicted molar refractivity (Wildman–Crippen MR) is 231 cm³/mol. The van der Waals surface area contributed by atoms with Crippen molar-refractivity contribution in [2.75, 3.05) is 0 Å². The molecule has 0 spiro atoms. The van der Waals surface area contributed by atoms with Crippen LogP contribution in [0.2, 0.25) is 0 Å². The first-order valence-corrected chi connectivity index (χ1v) is 19.3. The summed E-state index contributed by atoms with van der Waals surface area (Å²) in [6.45, 7) is 25.1. The zero-order valence-corrected chi connectivity index (χ0v) is 37.5. The average molecular weight is 927 g/mol. The summed E-state index contributed by atoms with van der Waals surface area (Å²) in [5, 5.41) is 12.0. The van der Waals surface area contributed by atoms with E-state index in [1.165, 1.54) is 0 Å². The molecule has 0 amide bonds. The van der Waals surface area contributed by atoms with Gasteiger partial charge in [-0.2, -0.15) is 0 Å². The van der Waals surface area contributed by atoms with E-state index in [0.29, 0.717) is 39.6 Å². The number of aromatic hydroxyl groups is 1. The maximum absolute atomic E-state index is 12.0. The molecule has 0 fully saturated rings. The number of nitrogens with zero attached hydrogens (tertiary/aromatic N) is 3. The fourth-order valence-electron chi connectivity index (χ4n) is 7.13. The number of pyridine rings is 3. The van der Waals surface area contributed by atoms with Gasteiger partial charge in [0, 0.05) is 69.8 Å². The summed E-state index contributed by atoms with van der Waals surface area (Å²) in [7, 11) is 0. The van der Waals surface area contributed by atoms with E-state index in [9.17, 15) is 5.11 Å². The fraction of sp³-hybridized carbons (Fsp3) is 0.353. The standard InChI is InChI=1S/C51H58N3O.Pt/c1-31-23-40(53-44(24-31)51(13,14)37-21-16-15-17-22-37)34-25-35(27-38(26-34)48(4,5)6)41-28-36(45-32(2)19-18-20-33(45)3)29-42(52-41)39-30-43(49(7,8)9)54-47(46(39)55)50(10,11)12;/h15-24,26-30,55H,1-14H3;/q-1;/i1D3;. The molecule has 0 aliphatic carbocycles. The van der Waals surface area contributed by atoms with Crippen LogP contribution >= 0.6 is 0 Å². The Bertz CT molecular complexity index is 2480. The zero-order valence-electron chi connectivity index (χ0n) is 38.3. The molecule has 6 aromatic rings. The zero-order chi connectivity index (χ0) is 42.7. The summed E-state index contributed by atoms with van der Waals surface area (Å²) in [4.78, 5) is 15.6. The third kappa shape index (κ3) is 8.77. The minimum absolute atomic E-state index is 0. The van der Waals surface area contributed by atoms with E-state index in [1.54, 1.807) is 12.1 Å². The number of aryl methyl sites for hydroxylation is 3. The van der Waals surface area contributed by atoms with Crippen LogP contribution in [0.4, 0.5) is 0 Å². The molecular formula is C51H58N3OPt-. The van der Waals surface area contributed by atoms with Crippen LogP contribution in [0.5, 0.6) is 5.75 Å². The molecule has 0 unspecified atom stereocenters. The molecule has 6 rings (SSSR count). The minimum atomic E-state index is -2.36. The summed E-state index contributed by atoms with van der Waals surface area (Å²) in [6.07, 6.45) is 0. The molecule has 56 heavy (non-hydrogen) atoms. The van der Waals surface area contributed by atoms with Gasteiger partial charge in [-0.1, -0.05) is 154 Å². The van der Waals surface area contributed by atoms with Crippen LogP contribution in [0, 0.1) is 26.8 Å². The van der Waals surface area contributed by atoms with Gasteiger partial charge in [0.1, 0.15) is 5.75 Å². The molecule has 0 saturated heterocycles. The van der Waals surface area contributed by atoms with Gasteiger partial charge in [-0.3, -0.25) is 15.0 Å². The number of hydrogen-bond donors (Lipinski definition) is 1. The Balaban J connectivity index is 0.00000661. The SMILES string of the molecule is [2H]C([2H])([2H])c1cc(-c2[c-]c(-c3cc(-c4c(C)cccc4C)cc(-c4cc(C(C)(C)C)nc(C(C)(C)C)c4O)n3)cc(C(C)(C)C)c2)nc(C(C)(C)c2ccccc2)c1.[Pt]. The van der Waals surface area contributed by atoms with Crippen molar-refractivity contribution in [3.63, 3.8) is 0 Å². The topological polar surface area (TPSA) is 58.9 Å². The van der Waals surface area contributed by atoms with Crippen LogP contribution in [0.25, 0.3) is 44.9 Å². The van der Waals surface area contributed by atoms with Crippen molar-refractivity contribution in [3.05, 3.63) is 142 Å². The first-order chi connectivity index (χ1) is 26.7. The van der Waals surface area contributed by atoms with Crippen molar-refractivity contribution in [3.8, 4) is 50.6 Å². The van der Waals surface area contributed by atoms with E-state index in [4.69, 9.17) is 19.1 Å². The summed E-state index contributed by atoms with van der Waals surface area (Å²) in [5.74, 6) is 0.116. The third-order valence-electron chi connectivity index (χ3n) is 10.6. The minimum Gasteiger partial charge on any atom is -0.505 e. The van der Waals surface area contributed by atoms with Crippen molar-refractivity contribution < 1.29 is 30.3 Å². The second-order valence-electron chi connectivity index (χ2n) is 18.7. The second kappa shape index (κ2) is 15.5. The van der Waals surface area contributed by atoms with Crippen molar-refractivity contribution in [2.45, 2.75) is 119 Å². The van der Waals surface area contributed by atoms with E-state index >= 15 is 0 Å². The molecule has 1 N–H and O–H groups in total.